The highest BCUT2D eigenvalue weighted by Crippen LogP contribution is 2.58. The van der Waals surface area contributed by atoms with Gasteiger partial charge >= 0.3 is 0 Å². The molecule has 0 saturated carbocycles. The third kappa shape index (κ3) is 4.82. The average Bonchev–Trinajstić information content (AvgIpc) is 1.48. The van der Waals surface area contributed by atoms with Gasteiger partial charge in [0.05, 0.1) is 56.1 Å². The topological polar surface area (TPSA) is 3.24 Å². The number of hydrogen-bond donors (Lipinski definition) is 0. The van der Waals surface area contributed by atoms with Crippen LogP contribution in [0, 0.1) is 0 Å². The van der Waals surface area contributed by atoms with Crippen LogP contribution in [0.25, 0.3) is 22.3 Å². The van der Waals surface area contributed by atoms with Crippen molar-refractivity contribution in [2.45, 2.75) is 10.8 Å². The molecule has 1 heteroatoms. The second kappa shape index (κ2) is 13.2. The summed E-state index contributed by atoms with van der Waals surface area (Å²) in [7, 11) is 0. The maximum atomic E-state index is 10.1. The molecule has 57 heavy (non-hydrogen) atoms. The lowest BCUT2D eigenvalue weighted by molar-refractivity contribution is 0.768. The minimum atomic E-state index is -3.06. The number of anilines is 3. The molecule has 2 aliphatic carbocycles. The summed E-state index contributed by atoms with van der Waals surface area (Å²) in [6.45, 7) is 0. The van der Waals surface area contributed by atoms with Crippen molar-refractivity contribution in [3.8, 4) is 22.3 Å². The van der Waals surface area contributed by atoms with E-state index in [9.17, 15) is 21.9 Å². The molecule has 0 N–H and O–H groups in total. The lowest BCUT2D eigenvalue weighted by Crippen LogP contribution is -2.28. The van der Waals surface area contributed by atoms with Gasteiger partial charge < -0.3 is 4.90 Å². The third-order valence-electron chi connectivity index (χ3n) is 10.1. The first-order valence-corrected chi connectivity index (χ1v) is 17.1. The van der Waals surface area contributed by atoms with Gasteiger partial charge in [-0.3, -0.25) is 0 Å². The standard InChI is InChI=1S/C56H39N/c1-4-18-40(19-5-1)55(51-28-14-10-24-47(51)48-25-11-15-29-52(48)55)42-32-36-45(37-33-42)57(44-22-8-3-9-23-44)46-38-34-43(35-39-46)56(41-20-6-2-7-21-41)53-30-16-12-26-49(53)50-27-13-17-31-54(50)56/h1-39H/i1D,2D,3D,4D,5D,6D,7D,8D,9D,10D,11D,12D,13D,14D,15D,16D,17D,18D,19D,20D,22D,24D,25D,26D,27D,28D,29D,30D,31D,34D,35D,38D,39D. The van der Waals surface area contributed by atoms with Crippen molar-refractivity contribution in [2.24, 2.45) is 0 Å². The molecular weight excluding hydrogens is 687 g/mol. The van der Waals surface area contributed by atoms with Gasteiger partial charge in [0.2, 0.25) is 0 Å². The van der Waals surface area contributed by atoms with E-state index in [1.165, 1.54) is 0 Å². The Morgan fingerprint density at radius 3 is 1.21 bits per heavy atom. The highest BCUT2D eigenvalue weighted by Gasteiger charge is 2.47. The summed E-state index contributed by atoms with van der Waals surface area (Å²) < 4.78 is 302. The highest BCUT2D eigenvalue weighted by atomic mass is 15.1. The molecule has 0 bridgehead atoms. The van der Waals surface area contributed by atoms with Gasteiger partial charge in [-0.25, -0.2) is 0 Å². The number of fused-ring (bicyclic) bond motifs is 6. The normalized spacial score (nSPS) is 22.0. The molecule has 0 heterocycles. The van der Waals surface area contributed by atoms with Crippen LogP contribution in [0.5, 0.6) is 0 Å². The Kier molecular flexibility index (Phi) is 3.19. The number of nitrogens with zero attached hydrogens (tertiary/aromatic N) is 1. The van der Waals surface area contributed by atoms with E-state index >= 15 is 0 Å². The number of hydrogen-bond acceptors (Lipinski definition) is 1. The highest BCUT2D eigenvalue weighted by molar-refractivity contribution is 5.88. The van der Waals surface area contributed by atoms with E-state index in [4.69, 9.17) is 23.3 Å². The number of benzene rings is 9. The molecule has 0 amide bonds. The van der Waals surface area contributed by atoms with E-state index < -0.39 is 283 Å². The van der Waals surface area contributed by atoms with Gasteiger partial charge in [-0.05, 0) is 103 Å². The van der Waals surface area contributed by atoms with Crippen molar-refractivity contribution in [3.63, 3.8) is 0 Å². The molecule has 0 atom stereocenters. The zero-order valence-electron chi connectivity index (χ0n) is 61.9. The fourth-order valence-electron chi connectivity index (χ4n) is 7.88. The lowest BCUT2D eigenvalue weighted by Gasteiger charge is -2.35. The molecule has 0 radical (unpaired) electrons. The molecule has 0 aliphatic heterocycles. The maximum Gasteiger partial charge on any atom is 0.0713 e. The van der Waals surface area contributed by atoms with Crippen LogP contribution in [0.2, 0.25) is 0 Å². The molecule has 9 aromatic carbocycles. The molecule has 2 aliphatic rings. The Morgan fingerprint density at radius 2 is 0.667 bits per heavy atom. The van der Waals surface area contributed by atoms with Crippen molar-refractivity contribution in [2.75, 3.05) is 4.90 Å². The Balaban J connectivity index is 1.31. The fourth-order valence-corrected chi connectivity index (χ4v) is 7.88. The van der Waals surface area contributed by atoms with Crippen LogP contribution in [0.1, 0.15) is 89.7 Å². The molecule has 9 aromatic rings. The van der Waals surface area contributed by atoms with Crippen molar-refractivity contribution in [3.05, 3.63) is 280 Å². The van der Waals surface area contributed by atoms with Gasteiger partial charge in [-0.15, -0.1) is 0 Å². The third-order valence-corrected chi connectivity index (χ3v) is 10.1. The first kappa shape index (κ1) is 13.8. The minimum Gasteiger partial charge on any atom is -0.311 e. The summed E-state index contributed by atoms with van der Waals surface area (Å²) in [6.07, 6.45) is 0. The second-order valence-electron chi connectivity index (χ2n) is 12.7. The van der Waals surface area contributed by atoms with Crippen LogP contribution >= 0.6 is 0 Å². The molecule has 1 nitrogen and oxygen atoms in total. The van der Waals surface area contributed by atoms with Crippen molar-refractivity contribution in [1.29, 1.82) is 0 Å². The van der Waals surface area contributed by atoms with Crippen molar-refractivity contribution in [1.82, 2.24) is 0 Å². The van der Waals surface area contributed by atoms with E-state index in [1.54, 1.807) is 0 Å². The van der Waals surface area contributed by atoms with Crippen LogP contribution in [0.15, 0.2) is 236 Å². The summed E-state index contributed by atoms with van der Waals surface area (Å²) in [4.78, 5) is 0.800. The monoisotopic (exact) mass is 759 g/mol. The van der Waals surface area contributed by atoms with E-state index in [-0.39, 0.29) is 11.3 Å². The van der Waals surface area contributed by atoms with Gasteiger partial charge in [0.15, 0.2) is 0 Å². The Bertz CT molecular complexity index is 4630. The van der Waals surface area contributed by atoms with Crippen molar-refractivity contribution >= 4 is 17.1 Å². The predicted molar refractivity (Wildman–Crippen MR) is 236 cm³/mol. The summed E-state index contributed by atoms with van der Waals surface area (Å²) in [5.41, 5.74) is -15.7. The van der Waals surface area contributed by atoms with Gasteiger partial charge in [0.1, 0.15) is 0 Å². The van der Waals surface area contributed by atoms with Crippen LogP contribution in [-0.4, -0.2) is 0 Å². The Hall–Kier alpha value is -7.22. The quantitative estimate of drug-likeness (QED) is 0.156. The molecule has 0 unspecified atom stereocenters. The zero-order valence-corrected chi connectivity index (χ0v) is 28.9. The van der Waals surface area contributed by atoms with E-state index in [1.807, 2.05) is 0 Å². The molecule has 0 fully saturated rings. The summed E-state index contributed by atoms with van der Waals surface area (Å²) >= 11 is 0. The number of para-hydroxylation sites is 1. The van der Waals surface area contributed by atoms with Gasteiger partial charge in [-0.2, -0.15) is 0 Å². The van der Waals surface area contributed by atoms with E-state index in [2.05, 4.69) is 0 Å². The maximum absolute atomic E-state index is 10.1. The Morgan fingerprint density at radius 1 is 0.263 bits per heavy atom. The summed E-state index contributed by atoms with van der Waals surface area (Å²) in [6, 6.07) is -25.8. The van der Waals surface area contributed by atoms with Gasteiger partial charge in [0.25, 0.3) is 0 Å². The first-order chi connectivity index (χ1) is 42.0. The average molecular weight is 759 g/mol. The fraction of sp³-hybridized carbons (Fsp3) is 0.0357. The van der Waals surface area contributed by atoms with E-state index in [0.29, 0.717) is 0 Å². The Labute approximate surface area is 381 Å². The number of rotatable bonds is 7. The summed E-state index contributed by atoms with van der Waals surface area (Å²) in [5, 5.41) is 0. The smallest absolute Gasteiger partial charge is 0.0713 e. The molecule has 0 saturated heterocycles. The molecule has 11 rings (SSSR count). The summed E-state index contributed by atoms with van der Waals surface area (Å²) in [5.74, 6) is 0. The zero-order chi connectivity index (χ0) is 66.5. The van der Waals surface area contributed by atoms with E-state index in [0.717, 1.165) is 41.3 Å². The predicted octanol–water partition coefficient (Wildman–Crippen LogP) is 13.9. The van der Waals surface area contributed by atoms with Crippen LogP contribution < -0.4 is 4.90 Å². The molecule has 0 aromatic heterocycles. The molecular formula is C56H39N. The molecule has 0 spiro atoms. The first-order valence-electron chi connectivity index (χ1n) is 33.6. The lowest BCUT2D eigenvalue weighted by atomic mass is 9.67. The van der Waals surface area contributed by atoms with Crippen molar-refractivity contribution < 1.29 is 45.2 Å². The SMILES string of the molecule is [2H]c1cc(N(c2ccc(C3(c4c([2H])c([2H])c([2H])c([2H])c4[2H])c4c([2H])c([2H])c([2H])c([2H])c4-c4c([2H])c([2H])c([2H])c([2H])c43)cc2)c2c([2H])c([2H])c(C3(c4cc([2H])c([2H])c([2H])c4[2H])c4c([2H])c([2H])c([2H])c([2H])c4-c4c([2H])c([2H])c([2H])c([2H])c43)c([2H])c2[2H])c([2H])c([2H])c1[2H]. The van der Waals surface area contributed by atoms with Gasteiger partial charge in [-0.1, -0.05) is 199 Å². The van der Waals surface area contributed by atoms with Crippen LogP contribution in [-0.2, 0) is 10.8 Å². The minimum absolute atomic E-state index is 0.341. The van der Waals surface area contributed by atoms with Crippen LogP contribution in [0.4, 0.5) is 17.1 Å². The molecule has 268 valence electrons. The van der Waals surface area contributed by atoms with Gasteiger partial charge in [0, 0.05) is 17.1 Å². The van der Waals surface area contributed by atoms with Crippen LogP contribution in [0.3, 0.4) is 0 Å². The largest absolute Gasteiger partial charge is 0.311 e. The second-order valence-corrected chi connectivity index (χ2v) is 12.7.